The van der Waals surface area contributed by atoms with Gasteiger partial charge in [-0.2, -0.15) is 0 Å². The maximum absolute atomic E-state index is 4.74. The van der Waals surface area contributed by atoms with E-state index < -0.39 is 0 Å². The fraction of sp³-hybridized carbons (Fsp3) is 0.923. The Morgan fingerprint density at radius 2 is 2.06 bits per heavy atom. The van der Waals surface area contributed by atoms with Gasteiger partial charge in [-0.25, -0.2) is 0 Å². The van der Waals surface area contributed by atoms with Crippen LogP contribution < -0.4 is 5.32 Å². The molecular formula is C13H24N2S. The van der Waals surface area contributed by atoms with E-state index in [0.29, 0.717) is 11.5 Å². The molecule has 0 aromatic rings. The third kappa shape index (κ3) is 3.16. The van der Waals surface area contributed by atoms with Crippen LogP contribution in [0.15, 0.2) is 4.99 Å². The molecule has 1 heterocycles. The summed E-state index contributed by atoms with van der Waals surface area (Å²) in [5.74, 6) is 2.10. The van der Waals surface area contributed by atoms with Crippen molar-refractivity contribution in [3.8, 4) is 0 Å². The number of hydrogen-bond donors (Lipinski definition) is 1. The van der Waals surface area contributed by atoms with E-state index in [9.17, 15) is 0 Å². The molecule has 2 aliphatic rings. The van der Waals surface area contributed by atoms with Crippen molar-refractivity contribution < 1.29 is 0 Å². The molecule has 2 nitrogen and oxygen atoms in total. The van der Waals surface area contributed by atoms with Crippen LogP contribution >= 0.6 is 11.8 Å². The Hall–Kier alpha value is -0.180. The summed E-state index contributed by atoms with van der Waals surface area (Å²) >= 11 is 1.90. The van der Waals surface area contributed by atoms with Crippen LogP contribution in [0.1, 0.15) is 46.5 Å². The highest BCUT2D eigenvalue weighted by atomic mass is 32.2. The van der Waals surface area contributed by atoms with Crippen LogP contribution in [0, 0.1) is 11.3 Å². The van der Waals surface area contributed by atoms with Crippen molar-refractivity contribution in [1.29, 1.82) is 0 Å². The van der Waals surface area contributed by atoms with Crippen molar-refractivity contribution in [3.63, 3.8) is 0 Å². The lowest BCUT2D eigenvalue weighted by Gasteiger charge is -2.36. The Morgan fingerprint density at radius 1 is 1.31 bits per heavy atom. The minimum Gasteiger partial charge on any atom is -0.362 e. The molecule has 1 aliphatic carbocycles. The van der Waals surface area contributed by atoms with Gasteiger partial charge >= 0.3 is 0 Å². The molecule has 0 spiro atoms. The second-order valence-corrected chi connectivity index (χ2v) is 7.23. The molecule has 2 fully saturated rings. The van der Waals surface area contributed by atoms with E-state index in [2.05, 4.69) is 26.1 Å². The summed E-state index contributed by atoms with van der Waals surface area (Å²) in [5.41, 5.74) is 0.345. The number of nitrogens with zero attached hydrogens (tertiary/aromatic N) is 1. The number of rotatable bonds is 2. The molecule has 0 radical (unpaired) electrons. The molecule has 2 rings (SSSR count). The first-order chi connectivity index (χ1) is 7.55. The number of nitrogens with one attached hydrogen (secondary N) is 1. The van der Waals surface area contributed by atoms with Gasteiger partial charge in [-0.3, -0.25) is 4.99 Å². The van der Waals surface area contributed by atoms with Crippen LogP contribution in [-0.4, -0.2) is 23.5 Å². The van der Waals surface area contributed by atoms with Crippen LogP contribution in [0.5, 0.6) is 0 Å². The molecule has 1 atom stereocenters. The second kappa shape index (κ2) is 4.99. The third-order valence-electron chi connectivity index (χ3n) is 3.71. The van der Waals surface area contributed by atoms with Gasteiger partial charge in [-0.05, 0) is 30.6 Å². The molecule has 1 saturated heterocycles. The lowest BCUT2D eigenvalue weighted by Crippen LogP contribution is -2.46. The molecular weight excluding hydrogens is 216 g/mol. The number of amidine groups is 1. The Bertz CT molecular complexity index is 264. The summed E-state index contributed by atoms with van der Waals surface area (Å²) < 4.78 is 0. The predicted octanol–water partition coefficient (Wildman–Crippen LogP) is 3.28. The molecule has 0 aromatic carbocycles. The van der Waals surface area contributed by atoms with E-state index in [0.717, 1.165) is 12.5 Å². The first kappa shape index (κ1) is 12.3. The summed E-state index contributed by atoms with van der Waals surface area (Å²) in [6, 6.07) is 0.592. The van der Waals surface area contributed by atoms with Gasteiger partial charge in [0, 0.05) is 18.3 Å². The maximum Gasteiger partial charge on any atom is 0.156 e. The van der Waals surface area contributed by atoms with Crippen LogP contribution in [0.3, 0.4) is 0 Å². The maximum atomic E-state index is 4.74. The zero-order valence-electron chi connectivity index (χ0n) is 10.8. The van der Waals surface area contributed by atoms with E-state index in [1.54, 1.807) is 0 Å². The minimum absolute atomic E-state index is 0.345. The summed E-state index contributed by atoms with van der Waals surface area (Å²) in [5, 5.41) is 4.80. The van der Waals surface area contributed by atoms with E-state index in [1.807, 2.05) is 11.8 Å². The van der Waals surface area contributed by atoms with E-state index in [4.69, 9.17) is 4.99 Å². The zero-order chi connectivity index (χ0) is 11.6. The van der Waals surface area contributed by atoms with Gasteiger partial charge in [0.25, 0.3) is 0 Å². The quantitative estimate of drug-likeness (QED) is 0.801. The van der Waals surface area contributed by atoms with Gasteiger partial charge in [0.2, 0.25) is 0 Å². The molecule has 1 aliphatic heterocycles. The number of hydrogen-bond acceptors (Lipinski definition) is 2. The molecule has 0 bridgehead atoms. The van der Waals surface area contributed by atoms with Crippen LogP contribution in [0.4, 0.5) is 0 Å². The average Bonchev–Trinajstić information content (AvgIpc) is 2.14. The average molecular weight is 240 g/mol. The van der Waals surface area contributed by atoms with Crippen molar-refractivity contribution in [2.75, 3.05) is 12.3 Å². The van der Waals surface area contributed by atoms with Gasteiger partial charge in [-0.15, -0.1) is 0 Å². The first-order valence-electron chi connectivity index (χ1n) is 6.49. The molecule has 1 N–H and O–H groups in total. The first-order valence-corrected chi connectivity index (χ1v) is 7.48. The number of thioether (sulfide) groups is 1. The highest BCUT2D eigenvalue weighted by molar-refractivity contribution is 8.13. The van der Waals surface area contributed by atoms with Gasteiger partial charge in [0.05, 0.1) is 0 Å². The van der Waals surface area contributed by atoms with Crippen molar-refractivity contribution in [3.05, 3.63) is 0 Å². The van der Waals surface area contributed by atoms with Gasteiger partial charge in [0.15, 0.2) is 5.17 Å². The summed E-state index contributed by atoms with van der Waals surface area (Å²) in [7, 11) is 0. The second-order valence-electron chi connectivity index (χ2n) is 6.14. The Kier molecular flexibility index (Phi) is 3.83. The predicted molar refractivity (Wildman–Crippen MR) is 73.1 cm³/mol. The standard InChI is InChI=1S/C13H24N2S/c1-13(2,3)11-7-8-16-12(15-11)14-9-10-5-4-6-10/h10-11H,4-9H2,1-3H3,(H,14,15). The molecule has 0 aromatic heterocycles. The topological polar surface area (TPSA) is 24.4 Å². The monoisotopic (exact) mass is 240 g/mol. The van der Waals surface area contributed by atoms with E-state index in [-0.39, 0.29) is 0 Å². The Morgan fingerprint density at radius 3 is 2.62 bits per heavy atom. The molecule has 3 heteroatoms. The summed E-state index contributed by atoms with van der Waals surface area (Å²) in [6.45, 7) is 7.98. The highest BCUT2D eigenvalue weighted by Crippen LogP contribution is 2.29. The molecule has 1 unspecified atom stereocenters. The smallest absolute Gasteiger partial charge is 0.156 e. The Balaban J connectivity index is 1.85. The van der Waals surface area contributed by atoms with Crippen molar-refractivity contribution in [2.45, 2.75) is 52.5 Å². The normalized spacial score (nSPS) is 29.9. The third-order valence-corrected chi connectivity index (χ3v) is 4.67. The van der Waals surface area contributed by atoms with Gasteiger partial charge in [-0.1, -0.05) is 39.0 Å². The van der Waals surface area contributed by atoms with Crippen LogP contribution in [0.2, 0.25) is 0 Å². The fourth-order valence-corrected chi connectivity index (χ4v) is 3.10. The largest absolute Gasteiger partial charge is 0.362 e. The van der Waals surface area contributed by atoms with Gasteiger partial charge < -0.3 is 5.32 Å². The van der Waals surface area contributed by atoms with Crippen molar-refractivity contribution in [2.24, 2.45) is 16.3 Å². The van der Waals surface area contributed by atoms with E-state index >= 15 is 0 Å². The van der Waals surface area contributed by atoms with Crippen molar-refractivity contribution in [1.82, 2.24) is 5.32 Å². The van der Waals surface area contributed by atoms with Crippen molar-refractivity contribution >= 4 is 16.9 Å². The Labute approximate surface area is 104 Å². The number of aliphatic imine (C=N–C) groups is 1. The molecule has 0 amide bonds. The lowest BCUT2D eigenvalue weighted by atomic mass is 9.85. The molecule has 16 heavy (non-hydrogen) atoms. The summed E-state index contributed by atoms with van der Waals surface area (Å²) in [4.78, 5) is 4.74. The summed E-state index contributed by atoms with van der Waals surface area (Å²) in [6.07, 6.45) is 5.46. The van der Waals surface area contributed by atoms with E-state index in [1.165, 1.54) is 36.6 Å². The van der Waals surface area contributed by atoms with Crippen LogP contribution in [-0.2, 0) is 0 Å². The minimum atomic E-state index is 0.345. The van der Waals surface area contributed by atoms with Crippen LogP contribution in [0.25, 0.3) is 0 Å². The fourth-order valence-electron chi connectivity index (χ4n) is 2.16. The van der Waals surface area contributed by atoms with Gasteiger partial charge in [0.1, 0.15) is 0 Å². The SMILES string of the molecule is CC(C)(C)C1CCSC(=NCC2CCC2)N1. The zero-order valence-corrected chi connectivity index (χ0v) is 11.6. The molecule has 92 valence electrons. The lowest BCUT2D eigenvalue weighted by molar-refractivity contribution is 0.289. The molecule has 1 saturated carbocycles. The highest BCUT2D eigenvalue weighted by Gasteiger charge is 2.28.